The fourth-order valence-electron chi connectivity index (χ4n) is 2.17. The molecule has 82 valence electrons. The summed E-state index contributed by atoms with van der Waals surface area (Å²) in [6.45, 7) is 0. The molecular formula is C11H19IO2. The number of aliphatic carboxylic acids is 1. The fraction of sp³-hybridized carbons (Fsp3) is 0.909. The van der Waals surface area contributed by atoms with E-state index >= 15 is 0 Å². The van der Waals surface area contributed by atoms with E-state index in [1.54, 1.807) is 0 Å². The van der Waals surface area contributed by atoms with Crippen molar-refractivity contribution in [3.8, 4) is 0 Å². The van der Waals surface area contributed by atoms with Gasteiger partial charge >= 0.3 is 5.97 Å². The van der Waals surface area contributed by atoms with Crippen LogP contribution in [-0.4, -0.2) is 15.0 Å². The minimum Gasteiger partial charge on any atom is -0.480 e. The quantitative estimate of drug-likeness (QED) is 0.638. The third-order valence-corrected chi connectivity index (χ3v) is 4.07. The molecule has 0 bridgehead atoms. The van der Waals surface area contributed by atoms with Crippen LogP contribution in [0.1, 0.15) is 51.4 Å². The minimum atomic E-state index is -0.646. The van der Waals surface area contributed by atoms with Crippen molar-refractivity contribution >= 4 is 28.6 Å². The fourth-order valence-corrected chi connectivity index (χ4v) is 2.89. The summed E-state index contributed by atoms with van der Waals surface area (Å²) in [5, 5.41) is 8.83. The SMILES string of the molecule is O=C(O)[C@@H](I)CC1CCCCCCC1. The van der Waals surface area contributed by atoms with E-state index in [-0.39, 0.29) is 3.92 Å². The highest BCUT2D eigenvalue weighted by molar-refractivity contribution is 14.1. The summed E-state index contributed by atoms with van der Waals surface area (Å²) in [6.07, 6.45) is 10.0. The lowest BCUT2D eigenvalue weighted by Crippen LogP contribution is -2.18. The van der Waals surface area contributed by atoms with E-state index in [1.165, 1.54) is 44.9 Å². The van der Waals surface area contributed by atoms with Crippen molar-refractivity contribution in [2.45, 2.75) is 55.3 Å². The Morgan fingerprint density at radius 2 is 1.71 bits per heavy atom. The maximum Gasteiger partial charge on any atom is 0.316 e. The molecule has 1 fully saturated rings. The van der Waals surface area contributed by atoms with Crippen molar-refractivity contribution in [1.29, 1.82) is 0 Å². The maximum atomic E-state index is 10.7. The molecule has 0 unspecified atom stereocenters. The molecule has 0 radical (unpaired) electrons. The molecule has 0 aliphatic heterocycles. The first-order valence-electron chi connectivity index (χ1n) is 5.57. The molecule has 0 heterocycles. The third-order valence-electron chi connectivity index (χ3n) is 3.03. The zero-order valence-electron chi connectivity index (χ0n) is 8.54. The monoisotopic (exact) mass is 310 g/mol. The van der Waals surface area contributed by atoms with Crippen LogP contribution in [0.4, 0.5) is 0 Å². The van der Waals surface area contributed by atoms with Gasteiger partial charge in [-0.05, 0) is 12.3 Å². The topological polar surface area (TPSA) is 37.3 Å². The molecule has 1 N–H and O–H groups in total. The smallest absolute Gasteiger partial charge is 0.316 e. The normalized spacial score (nSPS) is 22.4. The van der Waals surface area contributed by atoms with Gasteiger partial charge in [-0.15, -0.1) is 0 Å². The highest BCUT2D eigenvalue weighted by Gasteiger charge is 2.19. The minimum absolute atomic E-state index is 0.183. The summed E-state index contributed by atoms with van der Waals surface area (Å²) in [4.78, 5) is 10.7. The van der Waals surface area contributed by atoms with Gasteiger partial charge in [-0.3, -0.25) is 4.79 Å². The van der Waals surface area contributed by atoms with Crippen LogP contribution in [0.2, 0.25) is 0 Å². The van der Waals surface area contributed by atoms with Crippen LogP contribution >= 0.6 is 22.6 Å². The maximum absolute atomic E-state index is 10.7. The highest BCUT2D eigenvalue weighted by Crippen LogP contribution is 2.27. The average molecular weight is 310 g/mol. The van der Waals surface area contributed by atoms with Crippen molar-refractivity contribution in [1.82, 2.24) is 0 Å². The van der Waals surface area contributed by atoms with Gasteiger partial charge < -0.3 is 5.11 Å². The predicted octanol–water partition coefficient (Wildman–Crippen LogP) is 3.63. The first-order chi connectivity index (χ1) is 6.70. The average Bonchev–Trinajstić information content (AvgIpc) is 2.08. The summed E-state index contributed by atoms with van der Waals surface area (Å²) in [7, 11) is 0. The van der Waals surface area contributed by atoms with Crippen molar-refractivity contribution in [3.63, 3.8) is 0 Å². The standard InChI is InChI=1S/C11H19IO2/c12-10(11(13)14)8-9-6-4-2-1-3-5-7-9/h9-10H,1-8H2,(H,13,14)/t10-/m0/s1. The van der Waals surface area contributed by atoms with E-state index < -0.39 is 5.97 Å². The van der Waals surface area contributed by atoms with Gasteiger partial charge in [-0.1, -0.05) is 67.5 Å². The lowest BCUT2D eigenvalue weighted by Gasteiger charge is -2.20. The lowest BCUT2D eigenvalue weighted by atomic mass is 9.88. The molecule has 1 aliphatic rings. The van der Waals surface area contributed by atoms with Crippen LogP contribution in [0, 0.1) is 5.92 Å². The van der Waals surface area contributed by atoms with E-state index in [0.29, 0.717) is 5.92 Å². The van der Waals surface area contributed by atoms with E-state index in [1.807, 2.05) is 0 Å². The van der Waals surface area contributed by atoms with Crippen molar-refractivity contribution < 1.29 is 9.90 Å². The second-order valence-corrected chi connectivity index (χ2v) is 5.76. The second-order valence-electron chi connectivity index (χ2n) is 4.25. The molecule has 0 aromatic heterocycles. The Hall–Kier alpha value is 0.200. The van der Waals surface area contributed by atoms with E-state index in [9.17, 15) is 4.79 Å². The van der Waals surface area contributed by atoms with Crippen molar-refractivity contribution in [2.75, 3.05) is 0 Å². The Bertz CT molecular complexity index is 174. The number of halogens is 1. The summed E-state index contributed by atoms with van der Waals surface area (Å²) in [6, 6.07) is 0. The van der Waals surface area contributed by atoms with Gasteiger partial charge in [0.2, 0.25) is 0 Å². The van der Waals surface area contributed by atoms with Gasteiger partial charge in [-0.25, -0.2) is 0 Å². The Balaban J connectivity index is 2.29. The molecule has 0 saturated heterocycles. The van der Waals surface area contributed by atoms with Gasteiger partial charge in [0.05, 0.1) is 0 Å². The zero-order valence-corrected chi connectivity index (χ0v) is 10.7. The van der Waals surface area contributed by atoms with Gasteiger partial charge in [0.25, 0.3) is 0 Å². The largest absolute Gasteiger partial charge is 0.480 e. The Morgan fingerprint density at radius 1 is 1.21 bits per heavy atom. The molecular weight excluding hydrogens is 291 g/mol. The highest BCUT2D eigenvalue weighted by atomic mass is 127. The van der Waals surface area contributed by atoms with E-state index in [4.69, 9.17) is 5.11 Å². The second kappa shape index (κ2) is 6.64. The van der Waals surface area contributed by atoms with Gasteiger partial charge in [-0.2, -0.15) is 0 Å². The molecule has 1 saturated carbocycles. The molecule has 1 atom stereocenters. The number of hydrogen-bond acceptors (Lipinski definition) is 1. The molecule has 1 aliphatic carbocycles. The third kappa shape index (κ3) is 4.62. The van der Waals surface area contributed by atoms with Gasteiger partial charge in [0.1, 0.15) is 3.92 Å². The zero-order chi connectivity index (χ0) is 10.4. The first kappa shape index (κ1) is 12.3. The number of carboxylic acid groups (broad SMARTS) is 1. The van der Waals surface area contributed by atoms with Crippen LogP contribution in [0.3, 0.4) is 0 Å². The number of carboxylic acids is 1. The molecule has 0 aromatic rings. The van der Waals surface area contributed by atoms with Gasteiger partial charge in [0, 0.05) is 0 Å². The van der Waals surface area contributed by atoms with Crippen molar-refractivity contribution in [3.05, 3.63) is 0 Å². The number of hydrogen-bond donors (Lipinski definition) is 1. The molecule has 14 heavy (non-hydrogen) atoms. The Kier molecular flexibility index (Phi) is 5.82. The van der Waals surface area contributed by atoms with E-state index in [0.717, 1.165) is 6.42 Å². The lowest BCUT2D eigenvalue weighted by molar-refractivity contribution is -0.136. The molecule has 2 nitrogen and oxygen atoms in total. The van der Waals surface area contributed by atoms with Crippen LogP contribution < -0.4 is 0 Å². The van der Waals surface area contributed by atoms with Gasteiger partial charge in [0.15, 0.2) is 0 Å². The first-order valence-corrected chi connectivity index (χ1v) is 6.81. The Labute approximate surface area is 99.6 Å². The summed E-state index contributed by atoms with van der Waals surface area (Å²) in [5.41, 5.74) is 0. The summed E-state index contributed by atoms with van der Waals surface area (Å²) >= 11 is 2.06. The molecule has 0 amide bonds. The molecule has 0 aromatic carbocycles. The summed E-state index contributed by atoms with van der Waals surface area (Å²) in [5.74, 6) is 0.0148. The molecule has 0 spiro atoms. The van der Waals surface area contributed by atoms with Crippen LogP contribution in [0.15, 0.2) is 0 Å². The van der Waals surface area contributed by atoms with Crippen LogP contribution in [-0.2, 0) is 4.79 Å². The number of alkyl halides is 1. The van der Waals surface area contributed by atoms with Crippen LogP contribution in [0.5, 0.6) is 0 Å². The van der Waals surface area contributed by atoms with Crippen molar-refractivity contribution in [2.24, 2.45) is 5.92 Å². The molecule has 1 rings (SSSR count). The Morgan fingerprint density at radius 3 is 2.21 bits per heavy atom. The number of rotatable bonds is 3. The summed E-state index contributed by atoms with van der Waals surface area (Å²) < 4.78 is -0.183. The predicted molar refractivity (Wildman–Crippen MR) is 65.9 cm³/mol. The van der Waals surface area contributed by atoms with Crippen LogP contribution in [0.25, 0.3) is 0 Å². The van der Waals surface area contributed by atoms with E-state index in [2.05, 4.69) is 22.6 Å². The number of carbonyl (C=O) groups is 1. The molecule has 3 heteroatoms.